The van der Waals surface area contributed by atoms with Crippen LogP contribution in [0.2, 0.25) is 0 Å². The molecular weight excluding hydrogens is 156 g/mol. The summed E-state index contributed by atoms with van der Waals surface area (Å²) in [5, 5.41) is 8.77. The Balaban J connectivity index is 3.14. The number of alkyl halides is 1. The van der Waals surface area contributed by atoms with Crippen LogP contribution in [0.4, 0.5) is 0 Å². The smallest absolute Gasteiger partial charge is 0.0636 e. The van der Waals surface area contributed by atoms with Crippen molar-refractivity contribution < 1.29 is 5.11 Å². The molecule has 0 aliphatic carbocycles. The maximum Gasteiger partial charge on any atom is 0.0636 e. The summed E-state index contributed by atoms with van der Waals surface area (Å²) in [5.41, 5.74) is 0. The van der Waals surface area contributed by atoms with Crippen LogP contribution in [0.1, 0.15) is 20.3 Å². The van der Waals surface area contributed by atoms with E-state index >= 15 is 0 Å². The van der Waals surface area contributed by atoms with Gasteiger partial charge in [0.05, 0.1) is 6.10 Å². The summed E-state index contributed by atoms with van der Waals surface area (Å²) in [5.74, 6) is 0. The Morgan fingerprint density at radius 1 is 1.71 bits per heavy atom. The highest BCUT2D eigenvalue weighted by molar-refractivity contribution is 9.09. The lowest BCUT2D eigenvalue weighted by molar-refractivity contribution is 0.192. The van der Waals surface area contributed by atoms with E-state index in [1.54, 1.807) is 6.92 Å². The van der Waals surface area contributed by atoms with Crippen molar-refractivity contribution in [3.63, 3.8) is 0 Å². The fourth-order valence-corrected chi connectivity index (χ4v) is 0.341. The van der Waals surface area contributed by atoms with Crippen molar-refractivity contribution in [2.24, 2.45) is 0 Å². The highest BCUT2D eigenvalue weighted by atomic mass is 79.9. The van der Waals surface area contributed by atoms with Crippen LogP contribution < -0.4 is 0 Å². The summed E-state index contributed by atoms with van der Waals surface area (Å²) < 4.78 is 0. The van der Waals surface area contributed by atoms with Crippen molar-refractivity contribution in [2.75, 3.05) is 0 Å². The van der Waals surface area contributed by atoms with Crippen LogP contribution >= 0.6 is 15.9 Å². The molecule has 0 bridgehead atoms. The van der Waals surface area contributed by atoms with Crippen molar-refractivity contribution in [3.05, 3.63) is 0 Å². The predicted octanol–water partition coefficient (Wildman–Crippen LogP) is 1.54. The molecule has 0 fully saturated rings. The molecule has 0 aliphatic rings. The minimum Gasteiger partial charge on any atom is -0.392 e. The van der Waals surface area contributed by atoms with E-state index in [0.717, 1.165) is 6.42 Å². The van der Waals surface area contributed by atoms with Gasteiger partial charge in [-0.1, -0.05) is 22.9 Å². The zero-order chi connectivity index (χ0) is 5.86. The molecule has 1 nitrogen and oxygen atoms in total. The molecule has 2 heteroatoms. The predicted molar refractivity (Wildman–Crippen MR) is 34.7 cm³/mol. The average Bonchev–Trinajstić information content (AvgIpc) is 1.65. The monoisotopic (exact) mass is 166 g/mol. The number of hydrogen-bond acceptors (Lipinski definition) is 1. The molecule has 0 rings (SSSR count). The molecule has 0 aromatic carbocycles. The van der Waals surface area contributed by atoms with E-state index in [1.165, 1.54) is 0 Å². The molecule has 0 aliphatic heterocycles. The summed E-state index contributed by atoms with van der Waals surface area (Å²) in [6.45, 7) is 3.81. The first kappa shape index (κ1) is 7.44. The van der Waals surface area contributed by atoms with Gasteiger partial charge in [-0.2, -0.15) is 0 Å². The van der Waals surface area contributed by atoms with Gasteiger partial charge >= 0.3 is 0 Å². The quantitative estimate of drug-likeness (QED) is 0.618. The van der Waals surface area contributed by atoms with E-state index in [9.17, 15) is 0 Å². The molecule has 7 heavy (non-hydrogen) atoms. The third kappa shape index (κ3) is 3.06. The van der Waals surface area contributed by atoms with Gasteiger partial charge in [0.15, 0.2) is 0 Å². The molecule has 2 atom stereocenters. The van der Waals surface area contributed by atoms with Crippen molar-refractivity contribution in [1.82, 2.24) is 0 Å². The zero-order valence-electron chi connectivity index (χ0n) is 4.69. The first-order valence-electron chi connectivity index (χ1n) is 2.50. The van der Waals surface area contributed by atoms with Crippen molar-refractivity contribution in [1.29, 1.82) is 0 Å². The Hall–Kier alpha value is 0.440. The van der Waals surface area contributed by atoms with E-state index in [4.69, 9.17) is 5.11 Å². The van der Waals surface area contributed by atoms with E-state index in [-0.39, 0.29) is 10.9 Å². The van der Waals surface area contributed by atoms with Crippen LogP contribution in [-0.4, -0.2) is 16.0 Å². The maximum atomic E-state index is 8.77. The topological polar surface area (TPSA) is 20.2 Å². The van der Waals surface area contributed by atoms with Gasteiger partial charge in [-0.15, -0.1) is 0 Å². The van der Waals surface area contributed by atoms with Crippen LogP contribution in [0.15, 0.2) is 0 Å². The molecule has 0 amide bonds. The highest BCUT2D eigenvalue weighted by Gasteiger charge is 2.05. The fourth-order valence-electron chi connectivity index (χ4n) is 0.341. The summed E-state index contributed by atoms with van der Waals surface area (Å²) in [7, 11) is 0. The summed E-state index contributed by atoms with van der Waals surface area (Å²) in [4.78, 5) is 0.271. The normalized spacial score (nSPS) is 18.9. The standard InChI is InChI=1S/C5H11BrO/c1-3-5(6)4(2)7/h4-5,7H,3H2,1-2H3/t4-,5-/m1/s1. The molecule has 0 aromatic rings. The largest absolute Gasteiger partial charge is 0.392 e. The number of aliphatic hydroxyl groups is 1. The SMILES string of the molecule is CC[C@@H](Br)[C@@H](C)O. The maximum absolute atomic E-state index is 8.77. The molecule has 0 aromatic heterocycles. The summed E-state index contributed by atoms with van der Waals surface area (Å²) >= 11 is 3.29. The first-order chi connectivity index (χ1) is 3.18. The Morgan fingerprint density at radius 3 is 2.14 bits per heavy atom. The lowest BCUT2D eigenvalue weighted by Crippen LogP contribution is -2.13. The van der Waals surface area contributed by atoms with Gasteiger partial charge in [-0.25, -0.2) is 0 Å². The van der Waals surface area contributed by atoms with Gasteiger partial charge in [0, 0.05) is 4.83 Å². The molecule has 0 saturated carbocycles. The molecule has 0 spiro atoms. The lowest BCUT2D eigenvalue weighted by atomic mass is 10.2. The van der Waals surface area contributed by atoms with Crippen molar-refractivity contribution >= 4 is 15.9 Å². The Morgan fingerprint density at radius 2 is 2.14 bits per heavy atom. The molecule has 0 radical (unpaired) electrons. The lowest BCUT2D eigenvalue weighted by Gasteiger charge is -2.07. The van der Waals surface area contributed by atoms with Crippen LogP contribution in [0, 0.1) is 0 Å². The minimum absolute atomic E-state index is 0.218. The Bertz CT molecular complexity index is 45.3. The first-order valence-corrected chi connectivity index (χ1v) is 3.42. The molecule has 44 valence electrons. The van der Waals surface area contributed by atoms with Crippen LogP contribution in [0.3, 0.4) is 0 Å². The Kier molecular flexibility index (Phi) is 3.66. The summed E-state index contributed by atoms with van der Waals surface area (Å²) in [6.07, 6.45) is 0.766. The number of rotatable bonds is 2. The van der Waals surface area contributed by atoms with Crippen LogP contribution in [0.25, 0.3) is 0 Å². The van der Waals surface area contributed by atoms with Gasteiger partial charge in [0.25, 0.3) is 0 Å². The highest BCUT2D eigenvalue weighted by Crippen LogP contribution is 2.07. The molecule has 0 saturated heterocycles. The second-order valence-electron chi connectivity index (χ2n) is 1.66. The Labute approximate surface area is 52.9 Å². The van der Waals surface area contributed by atoms with Gasteiger partial charge in [0.2, 0.25) is 0 Å². The van der Waals surface area contributed by atoms with Gasteiger partial charge in [-0.05, 0) is 13.3 Å². The van der Waals surface area contributed by atoms with Gasteiger partial charge in [-0.3, -0.25) is 0 Å². The second kappa shape index (κ2) is 3.44. The molecule has 0 unspecified atom stereocenters. The second-order valence-corrected chi connectivity index (χ2v) is 2.84. The zero-order valence-corrected chi connectivity index (χ0v) is 6.27. The van der Waals surface area contributed by atoms with E-state index in [2.05, 4.69) is 15.9 Å². The number of halogens is 1. The summed E-state index contributed by atoms with van der Waals surface area (Å²) in [6, 6.07) is 0. The van der Waals surface area contributed by atoms with E-state index < -0.39 is 0 Å². The third-order valence-corrected chi connectivity index (χ3v) is 2.33. The van der Waals surface area contributed by atoms with Crippen molar-refractivity contribution in [2.45, 2.75) is 31.2 Å². The minimum atomic E-state index is -0.218. The number of aliphatic hydroxyl groups excluding tert-OH is 1. The van der Waals surface area contributed by atoms with E-state index in [0.29, 0.717) is 0 Å². The molecular formula is C5H11BrO. The average molecular weight is 167 g/mol. The van der Waals surface area contributed by atoms with Crippen LogP contribution in [-0.2, 0) is 0 Å². The van der Waals surface area contributed by atoms with Crippen molar-refractivity contribution in [3.8, 4) is 0 Å². The van der Waals surface area contributed by atoms with E-state index in [1.807, 2.05) is 6.92 Å². The number of hydrogen-bond donors (Lipinski definition) is 1. The van der Waals surface area contributed by atoms with Gasteiger partial charge in [0.1, 0.15) is 0 Å². The molecule has 1 N–H and O–H groups in total. The van der Waals surface area contributed by atoms with Gasteiger partial charge < -0.3 is 5.11 Å². The molecule has 0 heterocycles. The third-order valence-electron chi connectivity index (χ3n) is 0.913. The fraction of sp³-hybridized carbons (Fsp3) is 1.00. The van der Waals surface area contributed by atoms with Crippen LogP contribution in [0.5, 0.6) is 0 Å².